The van der Waals surface area contributed by atoms with Gasteiger partial charge in [0.2, 0.25) is 23.5 Å². The third-order valence-electron chi connectivity index (χ3n) is 17.5. The SMILES string of the molecule is C.C.C.CC1(C)OB(B2OC(C)(C)C(C)(C)O2)OC1(C)C.CCOC(=O)/C=C/c1cc(=O)n(C)cc1B1OC(C)(C)C(C)(C)O1.CCOC(=O)/C=C/c1cc(OC)ncc1B1OC(C)(C)C(C)(C)O1.CCOC(=O)/C=C/c1cc(OC)ncc1Br.COc1cc(C=O)c(Br)cn1.COc1ccc(Br)cn1. The first kappa shape index (κ1) is 96.4. The molecule has 105 heavy (non-hydrogen) atoms. The quantitative estimate of drug-likeness (QED) is 0.0275. The molecule has 0 aromatic carbocycles. The molecule has 0 amide bonds. The molecule has 0 spiro atoms. The summed E-state index contributed by atoms with van der Waals surface area (Å²) in [6, 6.07) is 10.2. The molecule has 578 valence electrons. The van der Waals surface area contributed by atoms with E-state index in [4.69, 9.17) is 70.4 Å². The van der Waals surface area contributed by atoms with Crippen LogP contribution in [0.1, 0.15) is 181 Å². The normalized spacial score (nSPS) is 17.5. The zero-order chi connectivity index (χ0) is 77.0. The number of hydrogen-bond donors (Lipinski definition) is 0. The highest BCUT2D eigenvalue weighted by molar-refractivity contribution is 9.11. The Morgan fingerprint density at radius 3 is 1.09 bits per heavy atom. The maximum Gasteiger partial charge on any atom is 0.497 e. The summed E-state index contributed by atoms with van der Waals surface area (Å²) in [6.07, 6.45) is 17.8. The molecule has 32 heteroatoms. The molecule has 9 rings (SSSR count). The molecular weight excluding hydrogens is 1550 g/mol. The molecule has 0 atom stereocenters. The number of halogens is 3. The molecule has 0 bridgehead atoms. The second kappa shape index (κ2) is 41.7. The predicted molar refractivity (Wildman–Crippen MR) is 424 cm³/mol. The minimum Gasteiger partial charge on any atom is -0.481 e. The molecule has 4 fully saturated rings. The fourth-order valence-corrected chi connectivity index (χ4v) is 9.59. The summed E-state index contributed by atoms with van der Waals surface area (Å²) in [6.45, 7) is 38.2. The van der Waals surface area contributed by atoms with E-state index in [1.165, 1.54) is 56.4 Å². The average molecular weight is 1660 g/mol. The first-order chi connectivity index (χ1) is 47.4. The van der Waals surface area contributed by atoms with E-state index in [2.05, 4.69) is 67.7 Å². The van der Waals surface area contributed by atoms with Gasteiger partial charge in [0.05, 0.1) is 93.1 Å². The molecule has 9 heterocycles. The number of aryl methyl sites for hydroxylation is 1. The van der Waals surface area contributed by atoms with Crippen LogP contribution in [0.25, 0.3) is 18.2 Å². The maximum absolute atomic E-state index is 12.0. The van der Waals surface area contributed by atoms with Crippen LogP contribution in [0.2, 0.25) is 0 Å². The van der Waals surface area contributed by atoms with Crippen molar-refractivity contribution < 1.29 is 89.6 Å². The third kappa shape index (κ3) is 27.3. The Kier molecular flexibility index (Phi) is 38.3. The Labute approximate surface area is 648 Å². The average Bonchev–Trinajstić information content (AvgIpc) is 1.61. The molecule has 0 unspecified atom stereocenters. The van der Waals surface area contributed by atoms with E-state index in [0.717, 1.165) is 31.8 Å². The van der Waals surface area contributed by atoms with Crippen LogP contribution in [0.4, 0.5) is 0 Å². The lowest BCUT2D eigenvalue weighted by Crippen LogP contribution is -2.41. The van der Waals surface area contributed by atoms with Crippen LogP contribution in [0, 0.1) is 0 Å². The van der Waals surface area contributed by atoms with Crippen molar-refractivity contribution >= 4 is 129 Å². The Hall–Kier alpha value is -6.57. The van der Waals surface area contributed by atoms with Gasteiger partial charge >= 0.3 is 46.2 Å². The predicted octanol–water partition coefficient (Wildman–Crippen LogP) is 13.3. The molecule has 4 saturated heterocycles. The number of carbonyl (C=O) groups excluding carboxylic acids is 4. The molecule has 0 saturated carbocycles. The van der Waals surface area contributed by atoms with E-state index in [9.17, 15) is 24.0 Å². The Balaban J connectivity index is 0.000000644. The molecule has 4 aliphatic heterocycles. The number of aromatic nitrogens is 5. The number of nitrogens with zero attached hydrogens (tertiary/aromatic N) is 5. The molecule has 5 aromatic rings. The standard InChI is InChI=1S/2C17H24BNO5.C12H24B2O4.C11H12BrNO3.C7H6BrNO2.C6H6BrNO.3CH4/c1-7-22-15(20)9-8-12-10-14(21-6)19-11-13(12)18-23-16(2,3)17(4,5)24-18;1-7-22-15(21)9-8-12-10-14(20)19(6)11-13(12)18-23-16(2,3)17(4,5)24-18;1-9(2)10(3,4)16-13(15-9)14-17-11(5,6)12(7,8)18-14;1-3-16-11(14)5-4-8-6-10(15-2)13-7-9(8)12;1-11-7-2-5(4-10)6(8)3-9-7;1-9-6-3-2-5(7)4-8-6;;;/h2*8-11H,7H2,1-6H3;1-8H3;4-7H,3H2,1-2H3;2-4H,1H3;2-4H,1H3;3*1H4/b2*9-8+;;5-4+;;;;;. The zero-order valence-corrected chi connectivity index (χ0v) is 67.6. The van der Waals surface area contributed by atoms with E-state index in [1.807, 2.05) is 117 Å². The summed E-state index contributed by atoms with van der Waals surface area (Å²) in [5, 5.41) is 0. The number of methoxy groups -OCH3 is 4. The van der Waals surface area contributed by atoms with Crippen LogP contribution in [0.5, 0.6) is 23.5 Å². The molecular formula is C73H108B4Br3N5O20. The summed E-state index contributed by atoms with van der Waals surface area (Å²) >= 11 is 9.75. The van der Waals surface area contributed by atoms with E-state index < -0.39 is 62.6 Å². The van der Waals surface area contributed by atoms with Gasteiger partial charge in [-0.1, -0.05) is 22.3 Å². The van der Waals surface area contributed by atoms with Crippen molar-refractivity contribution in [2.45, 2.75) is 199 Å². The number of aldehydes is 1. The number of carbonyl (C=O) groups is 4. The van der Waals surface area contributed by atoms with Gasteiger partial charge in [0, 0.05) is 116 Å². The minimum absolute atomic E-state index is 0. The first-order valence-electron chi connectivity index (χ1n) is 32.6. The van der Waals surface area contributed by atoms with Crippen molar-refractivity contribution in [3.63, 3.8) is 0 Å². The van der Waals surface area contributed by atoms with Crippen molar-refractivity contribution in [3.05, 3.63) is 132 Å². The fraction of sp³-hybridized carbons (Fsp3) is 0.521. The van der Waals surface area contributed by atoms with Crippen LogP contribution in [0.3, 0.4) is 0 Å². The number of rotatable bonds is 17. The topological polar surface area (TPSA) is 280 Å². The zero-order valence-electron chi connectivity index (χ0n) is 62.9. The largest absolute Gasteiger partial charge is 0.497 e. The molecule has 25 nitrogen and oxygen atoms in total. The van der Waals surface area contributed by atoms with Crippen LogP contribution >= 0.6 is 47.8 Å². The van der Waals surface area contributed by atoms with Crippen LogP contribution in [0.15, 0.2) is 104 Å². The first-order valence-corrected chi connectivity index (χ1v) is 35.0. The number of hydrogen-bond acceptors (Lipinski definition) is 24. The molecule has 4 aliphatic rings. The van der Waals surface area contributed by atoms with E-state index in [-0.39, 0.29) is 56.2 Å². The van der Waals surface area contributed by atoms with Gasteiger partial charge in [0.15, 0.2) is 6.29 Å². The number of ether oxygens (including phenoxy) is 7. The summed E-state index contributed by atoms with van der Waals surface area (Å²) in [5.41, 5.74) is 0.549. The fourth-order valence-electron chi connectivity index (χ4n) is 8.70. The van der Waals surface area contributed by atoms with Gasteiger partial charge in [0.25, 0.3) is 5.56 Å². The van der Waals surface area contributed by atoms with E-state index in [1.54, 1.807) is 102 Å². The van der Waals surface area contributed by atoms with Gasteiger partial charge in [-0.05, 0) is 220 Å². The summed E-state index contributed by atoms with van der Waals surface area (Å²) in [5.74, 6) is 0.773. The number of esters is 3. The van der Waals surface area contributed by atoms with Gasteiger partial charge in [-0.15, -0.1) is 0 Å². The Bertz CT molecular complexity index is 3700. The highest BCUT2D eigenvalue weighted by atomic mass is 79.9. The van der Waals surface area contributed by atoms with Crippen LogP contribution < -0.4 is 35.4 Å². The van der Waals surface area contributed by atoms with Gasteiger partial charge in [-0.2, -0.15) is 0 Å². The van der Waals surface area contributed by atoms with Crippen molar-refractivity contribution in [1.82, 2.24) is 24.5 Å². The molecule has 0 N–H and O–H groups in total. The van der Waals surface area contributed by atoms with E-state index in [0.29, 0.717) is 64.4 Å². The summed E-state index contributed by atoms with van der Waals surface area (Å²) in [7, 11) is 5.69. The van der Waals surface area contributed by atoms with Crippen molar-refractivity contribution in [1.29, 1.82) is 0 Å². The lowest BCUT2D eigenvalue weighted by atomic mass is 9.49. The Morgan fingerprint density at radius 2 is 0.743 bits per heavy atom. The third-order valence-corrected chi connectivity index (χ3v) is 19.2. The summed E-state index contributed by atoms with van der Waals surface area (Å²) < 4.78 is 86.3. The molecule has 0 aliphatic carbocycles. The Morgan fingerprint density at radius 1 is 0.438 bits per heavy atom. The highest BCUT2D eigenvalue weighted by Crippen LogP contribution is 2.44. The van der Waals surface area contributed by atoms with Crippen LogP contribution in [-0.4, -0.2) is 170 Å². The van der Waals surface area contributed by atoms with E-state index >= 15 is 0 Å². The van der Waals surface area contributed by atoms with Gasteiger partial charge in [-0.25, -0.2) is 34.3 Å². The monoisotopic (exact) mass is 1660 g/mol. The lowest BCUT2D eigenvalue weighted by Gasteiger charge is -2.32. The molecule has 0 radical (unpaired) electrons. The minimum atomic E-state index is -0.622. The summed E-state index contributed by atoms with van der Waals surface area (Å²) in [4.78, 5) is 72.6. The highest BCUT2D eigenvalue weighted by Gasteiger charge is 2.64. The lowest BCUT2D eigenvalue weighted by molar-refractivity contribution is -0.138. The van der Waals surface area contributed by atoms with Crippen molar-refractivity contribution in [3.8, 4) is 23.5 Å². The second-order valence-corrected chi connectivity index (χ2v) is 29.4. The number of pyridine rings is 5. The van der Waals surface area contributed by atoms with Gasteiger partial charge < -0.3 is 75.0 Å². The van der Waals surface area contributed by atoms with Gasteiger partial charge in [0.1, 0.15) is 0 Å². The second-order valence-electron chi connectivity index (χ2n) is 26.8. The smallest absolute Gasteiger partial charge is 0.481 e. The van der Waals surface area contributed by atoms with Crippen molar-refractivity contribution in [2.75, 3.05) is 48.3 Å². The van der Waals surface area contributed by atoms with Crippen molar-refractivity contribution in [2.24, 2.45) is 7.05 Å². The van der Waals surface area contributed by atoms with Crippen LogP contribution in [-0.2, 0) is 72.9 Å². The maximum atomic E-state index is 12.0. The van der Waals surface area contributed by atoms with Gasteiger partial charge in [-0.3, -0.25) is 9.59 Å². The molecule has 5 aromatic heterocycles.